The van der Waals surface area contributed by atoms with E-state index >= 15 is 0 Å². The smallest absolute Gasteiger partial charge is 0.279 e. The van der Waals surface area contributed by atoms with Crippen LogP contribution >= 0.6 is 0 Å². The molecule has 1 aromatic carbocycles. The molecule has 0 heterocycles. The average Bonchev–Trinajstić information content (AvgIpc) is 2.44. The SMILES string of the molecule is CC[NH+](CC(=O)Nc1ccccc1C(C)=O)CC(=O)NC(C)(C)C. The van der Waals surface area contributed by atoms with Crippen molar-refractivity contribution in [2.75, 3.05) is 25.0 Å². The predicted molar refractivity (Wildman–Crippen MR) is 94.2 cm³/mol. The molecule has 0 bridgehead atoms. The first kappa shape index (κ1) is 19.8. The minimum absolute atomic E-state index is 0.0868. The maximum Gasteiger partial charge on any atom is 0.279 e. The molecule has 1 aromatic rings. The number of amides is 2. The Balaban J connectivity index is 2.65. The molecular weight excluding hydrogens is 306 g/mol. The second-order valence-corrected chi connectivity index (χ2v) is 6.91. The van der Waals surface area contributed by atoms with Crippen molar-refractivity contribution in [3.05, 3.63) is 29.8 Å². The number of para-hydroxylation sites is 1. The Morgan fingerprint density at radius 2 is 1.62 bits per heavy atom. The van der Waals surface area contributed by atoms with Gasteiger partial charge in [-0.25, -0.2) is 0 Å². The third-order valence-electron chi connectivity index (χ3n) is 3.42. The van der Waals surface area contributed by atoms with Crippen LogP contribution in [0.25, 0.3) is 0 Å². The predicted octanol–water partition coefficient (Wildman–Crippen LogP) is 0.647. The van der Waals surface area contributed by atoms with Crippen molar-refractivity contribution >= 4 is 23.3 Å². The number of likely N-dealkylation sites (N-methyl/N-ethyl adjacent to an activating group) is 1. The molecule has 0 saturated heterocycles. The highest BCUT2D eigenvalue weighted by Gasteiger charge is 2.21. The Hall–Kier alpha value is -2.21. The minimum atomic E-state index is -0.293. The number of quaternary nitrogens is 1. The van der Waals surface area contributed by atoms with Crippen LogP contribution in [0.1, 0.15) is 45.0 Å². The first-order chi connectivity index (χ1) is 11.1. The minimum Gasteiger partial charge on any atom is -0.347 e. The number of nitrogens with one attached hydrogen (secondary N) is 3. The first-order valence-electron chi connectivity index (χ1n) is 8.16. The molecule has 132 valence electrons. The number of benzene rings is 1. The summed E-state index contributed by atoms with van der Waals surface area (Å²) in [7, 11) is 0. The van der Waals surface area contributed by atoms with Gasteiger partial charge in [0.25, 0.3) is 11.8 Å². The van der Waals surface area contributed by atoms with Crippen LogP contribution in [0.3, 0.4) is 0 Å². The standard InChI is InChI=1S/C18H27N3O3/c1-6-21(12-17(24)20-18(3,4)5)11-16(23)19-15-10-8-7-9-14(15)13(2)22/h7-10H,6,11-12H2,1-5H3,(H,19,23)(H,20,24)/p+1. The van der Waals surface area contributed by atoms with Crippen molar-refractivity contribution < 1.29 is 19.3 Å². The quantitative estimate of drug-likeness (QED) is 0.641. The van der Waals surface area contributed by atoms with Crippen molar-refractivity contribution in [3.63, 3.8) is 0 Å². The van der Waals surface area contributed by atoms with Crippen LogP contribution < -0.4 is 15.5 Å². The summed E-state index contributed by atoms with van der Waals surface area (Å²) < 4.78 is 0. The van der Waals surface area contributed by atoms with E-state index in [9.17, 15) is 14.4 Å². The Kier molecular flexibility index (Phi) is 7.10. The van der Waals surface area contributed by atoms with E-state index in [0.717, 1.165) is 4.90 Å². The van der Waals surface area contributed by atoms with Gasteiger partial charge in [-0.05, 0) is 46.8 Å². The molecule has 2 amide bonds. The molecule has 0 aliphatic rings. The maximum absolute atomic E-state index is 12.2. The molecule has 1 rings (SSSR count). The largest absolute Gasteiger partial charge is 0.347 e. The van der Waals surface area contributed by atoms with Crippen LogP contribution in [-0.2, 0) is 9.59 Å². The van der Waals surface area contributed by atoms with Gasteiger partial charge in [-0.3, -0.25) is 14.4 Å². The summed E-state index contributed by atoms with van der Waals surface area (Å²) in [6.45, 7) is 10.2. The number of hydrogen-bond acceptors (Lipinski definition) is 3. The lowest BCUT2D eigenvalue weighted by atomic mass is 10.1. The molecule has 6 heteroatoms. The molecule has 1 atom stereocenters. The summed E-state index contributed by atoms with van der Waals surface area (Å²) in [5.41, 5.74) is 0.692. The van der Waals surface area contributed by atoms with E-state index in [4.69, 9.17) is 0 Å². The fourth-order valence-electron chi connectivity index (χ4n) is 2.32. The fraction of sp³-hybridized carbons (Fsp3) is 0.500. The topological polar surface area (TPSA) is 79.7 Å². The zero-order valence-electron chi connectivity index (χ0n) is 15.2. The van der Waals surface area contributed by atoms with Gasteiger partial charge in [0.05, 0.1) is 12.2 Å². The summed E-state index contributed by atoms with van der Waals surface area (Å²) in [5, 5.41) is 5.66. The molecule has 6 nitrogen and oxygen atoms in total. The number of hydrogen-bond donors (Lipinski definition) is 3. The van der Waals surface area contributed by atoms with E-state index in [-0.39, 0.29) is 36.2 Å². The zero-order valence-corrected chi connectivity index (χ0v) is 15.2. The highest BCUT2D eigenvalue weighted by Crippen LogP contribution is 2.14. The van der Waals surface area contributed by atoms with Gasteiger partial charge in [-0.15, -0.1) is 0 Å². The molecule has 1 unspecified atom stereocenters. The van der Waals surface area contributed by atoms with Gasteiger partial charge in [-0.2, -0.15) is 0 Å². The van der Waals surface area contributed by atoms with Gasteiger partial charge in [0.1, 0.15) is 0 Å². The van der Waals surface area contributed by atoms with E-state index in [1.165, 1.54) is 6.92 Å². The number of ketones is 1. The Labute approximate surface area is 143 Å². The normalized spacial score (nSPS) is 12.4. The van der Waals surface area contributed by atoms with Crippen LogP contribution in [0.2, 0.25) is 0 Å². The molecule has 0 radical (unpaired) electrons. The molecule has 0 saturated carbocycles. The summed E-state index contributed by atoms with van der Waals surface area (Å²) >= 11 is 0. The summed E-state index contributed by atoms with van der Waals surface area (Å²) in [4.78, 5) is 36.7. The molecule has 24 heavy (non-hydrogen) atoms. The average molecular weight is 334 g/mol. The molecule has 0 aromatic heterocycles. The van der Waals surface area contributed by atoms with E-state index in [0.29, 0.717) is 17.8 Å². The van der Waals surface area contributed by atoms with Gasteiger partial charge < -0.3 is 15.5 Å². The van der Waals surface area contributed by atoms with Crippen LogP contribution in [0.4, 0.5) is 5.69 Å². The Bertz CT molecular complexity index is 606. The van der Waals surface area contributed by atoms with Gasteiger partial charge in [-0.1, -0.05) is 12.1 Å². The molecule has 0 fully saturated rings. The van der Waals surface area contributed by atoms with E-state index < -0.39 is 0 Å². The number of rotatable bonds is 7. The summed E-state index contributed by atoms with van der Waals surface area (Å²) in [5.74, 6) is -0.407. The van der Waals surface area contributed by atoms with Crippen LogP contribution in [0, 0.1) is 0 Å². The first-order valence-corrected chi connectivity index (χ1v) is 8.16. The third-order valence-corrected chi connectivity index (χ3v) is 3.42. The third kappa shape index (κ3) is 6.91. The molecule has 0 aliphatic heterocycles. The number of carbonyl (C=O) groups excluding carboxylic acids is 3. The van der Waals surface area contributed by atoms with E-state index in [1.807, 2.05) is 27.7 Å². The van der Waals surface area contributed by atoms with E-state index in [1.54, 1.807) is 24.3 Å². The zero-order chi connectivity index (χ0) is 18.3. The number of Topliss-reactive ketones (excluding diaryl/α,β-unsaturated/α-hetero) is 1. The number of anilines is 1. The second kappa shape index (κ2) is 8.59. The van der Waals surface area contributed by atoms with Crippen molar-refractivity contribution in [3.8, 4) is 0 Å². The molecule has 0 aliphatic carbocycles. The molecule has 0 spiro atoms. The lowest BCUT2D eigenvalue weighted by Gasteiger charge is -2.23. The van der Waals surface area contributed by atoms with Crippen molar-refractivity contribution in [1.29, 1.82) is 0 Å². The lowest BCUT2D eigenvalue weighted by molar-refractivity contribution is -0.881. The van der Waals surface area contributed by atoms with Crippen LogP contribution in [0.15, 0.2) is 24.3 Å². The molecular formula is C18H28N3O3+. The monoisotopic (exact) mass is 334 g/mol. The van der Waals surface area contributed by atoms with Crippen LogP contribution in [0.5, 0.6) is 0 Å². The maximum atomic E-state index is 12.2. The molecule has 3 N–H and O–H groups in total. The highest BCUT2D eigenvalue weighted by molar-refractivity contribution is 6.03. The van der Waals surface area contributed by atoms with Gasteiger partial charge in [0.15, 0.2) is 18.9 Å². The van der Waals surface area contributed by atoms with E-state index in [2.05, 4.69) is 10.6 Å². The summed E-state index contributed by atoms with van der Waals surface area (Å²) in [6.07, 6.45) is 0. The van der Waals surface area contributed by atoms with Gasteiger partial charge in [0.2, 0.25) is 0 Å². The van der Waals surface area contributed by atoms with Gasteiger partial charge >= 0.3 is 0 Å². The Morgan fingerprint density at radius 1 is 1.04 bits per heavy atom. The van der Waals surface area contributed by atoms with Gasteiger partial charge in [0, 0.05) is 11.1 Å². The summed E-state index contributed by atoms with van der Waals surface area (Å²) in [6, 6.07) is 6.90. The lowest BCUT2D eigenvalue weighted by Crippen LogP contribution is -3.14. The van der Waals surface area contributed by atoms with Crippen molar-refractivity contribution in [2.24, 2.45) is 0 Å². The van der Waals surface area contributed by atoms with Crippen LogP contribution in [-0.4, -0.2) is 42.8 Å². The number of carbonyl (C=O) groups is 3. The fourth-order valence-corrected chi connectivity index (χ4v) is 2.32. The second-order valence-electron chi connectivity index (χ2n) is 6.91. The van der Waals surface area contributed by atoms with Crippen molar-refractivity contribution in [2.45, 2.75) is 40.2 Å². The highest BCUT2D eigenvalue weighted by atomic mass is 16.2. The Morgan fingerprint density at radius 3 is 2.17 bits per heavy atom. The van der Waals surface area contributed by atoms with Crippen molar-refractivity contribution in [1.82, 2.24) is 5.32 Å².